The van der Waals surface area contributed by atoms with Crippen molar-refractivity contribution in [2.75, 3.05) is 11.9 Å². The third-order valence-corrected chi connectivity index (χ3v) is 6.27. The summed E-state index contributed by atoms with van der Waals surface area (Å²) in [6, 6.07) is 2.47. The Hall–Kier alpha value is -1.44. The van der Waals surface area contributed by atoms with Gasteiger partial charge in [-0.1, -0.05) is 19.1 Å². The maximum absolute atomic E-state index is 13.0. The van der Waals surface area contributed by atoms with E-state index in [4.69, 9.17) is 0 Å². The quantitative estimate of drug-likeness (QED) is 0.377. The Labute approximate surface area is 132 Å². The first-order valence-electron chi connectivity index (χ1n) is 7.03. The molecule has 0 fully saturated rings. The van der Waals surface area contributed by atoms with Crippen LogP contribution in [0, 0.1) is 0 Å². The lowest BCUT2D eigenvalue weighted by Gasteiger charge is -2.19. The van der Waals surface area contributed by atoms with Crippen molar-refractivity contribution in [1.29, 1.82) is 0 Å². The lowest BCUT2D eigenvalue weighted by atomic mass is 10.1. The molecule has 1 aromatic carbocycles. The Kier molecular flexibility index (Phi) is 5.95. The average Bonchev–Trinajstić information content (AvgIpc) is 2.41. The van der Waals surface area contributed by atoms with Crippen LogP contribution in [0.3, 0.4) is 0 Å². The van der Waals surface area contributed by atoms with Gasteiger partial charge >= 0.3 is 12.4 Å². The van der Waals surface area contributed by atoms with Crippen LogP contribution in [-0.4, -0.2) is 14.6 Å². The van der Waals surface area contributed by atoms with Gasteiger partial charge in [-0.15, -0.1) is 12.3 Å². The van der Waals surface area contributed by atoms with Crippen LogP contribution in [-0.2, 0) is 12.4 Å². The molecule has 0 spiro atoms. The summed E-state index contributed by atoms with van der Waals surface area (Å²) in [4.78, 5) is 0. The maximum Gasteiger partial charge on any atom is 0.418 e. The minimum absolute atomic E-state index is 0.144. The van der Waals surface area contributed by atoms with Crippen LogP contribution >= 0.6 is 0 Å². The molecular weight excluding hydrogens is 336 g/mol. The number of anilines is 1. The van der Waals surface area contributed by atoms with E-state index in [2.05, 4.69) is 25.0 Å². The molecule has 1 aromatic rings. The van der Waals surface area contributed by atoms with Gasteiger partial charge in [-0.25, -0.2) is 0 Å². The van der Waals surface area contributed by atoms with E-state index in [1.807, 2.05) is 5.70 Å². The fourth-order valence-electron chi connectivity index (χ4n) is 1.98. The van der Waals surface area contributed by atoms with Crippen LogP contribution in [0.15, 0.2) is 30.5 Å². The monoisotopic (exact) mass is 355 g/mol. The van der Waals surface area contributed by atoms with Crippen molar-refractivity contribution in [2.45, 2.75) is 37.9 Å². The van der Waals surface area contributed by atoms with Gasteiger partial charge in [0.15, 0.2) is 0 Å². The zero-order chi connectivity index (χ0) is 17.9. The van der Waals surface area contributed by atoms with Crippen LogP contribution in [0.25, 0.3) is 0 Å². The summed E-state index contributed by atoms with van der Waals surface area (Å²) in [6.45, 7) is 8.16. The predicted molar refractivity (Wildman–Crippen MR) is 82.0 cm³/mol. The first-order valence-corrected chi connectivity index (χ1v) is 10.3. The molecule has 0 aliphatic rings. The Morgan fingerprint density at radius 3 is 2.17 bits per heavy atom. The van der Waals surface area contributed by atoms with Gasteiger partial charge in [-0.05, 0) is 24.6 Å². The standard InChI is InChI=1S/C15H19F6NSi/c1-4-23(2,3)9-5-8-22-13-7-6-11(14(16,17)18)10-12(13)15(19,20)21/h4,6-7,10,22H,1,5,8-9H2,2-3H3. The Morgan fingerprint density at radius 1 is 1.09 bits per heavy atom. The highest BCUT2D eigenvalue weighted by Crippen LogP contribution is 2.39. The molecule has 0 saturated carbocycles. The van der Waals surface area contributed by atoms with Crippen molar-refractivity contribution in [3.63, 3.8) is 0 Å². The molecule has 23 heavy (non-hydrogen) atoms. The van der Waals surface area contributed by atoms with E-state index in [0.29, 0.717) is 12.5 Å². The first kappa shape index (κ1) is 19.6. The summed E-state index contributed by atoms with van der Waals surface area (Å²) in [5.41, 5.74) is -1.04. The van der Waals surface area contributed by atoms with Crippen molar-refractivity contribution >= 4 is 13.8 Å². The van der Waals surface area contributed by atoms with Crippen molar-refractivity contribution in [3.8, 4) is 0 Å². The van der Waals surface area contributed by atoms with Crippen molar-refractivity contribution in [2.24, 2.45) is 0 Å². The normalized spacial score (nSPS) is 13.0. The molecule has 0 aromatic heterocycles. The van der Waals surface area contributed by atoms with E-state index in [1.165, 1.54) is 0 Å². The van der Waals surface area contributed by atoms with Crippen LogP contribution in [0.2, 0.25) is 19.1 Å². The summed E-state index contributed by atoms with van der Waals surface area (Å²) in [6.07, 6.45) is -9.03. The van der Waals surface area contributed by atoms with E-state index in [9.17, 15) is 26.3 Å². The summed E-state index contributed by atoms with van der Waals surface area (Å²) in [5, 5.41) is 2.60. The Bertz CT molecular complexity index is 548. The van der Waals surface area contributed by atoms with Crippen molar-refractivity contribution in [3.05, 3.63) is 41.6 Å². The molecule has 0 bridgehead atoms. The highest BCUT2D eigenvalue weighted by atomic mass is 28.3. The predicted octanol–water partition coefficient (Wildman–Crippen LogP) is 5.96. The minimum Gasteiger partial charge on any atom is -0.385 e. The second kappa shape index (κ2) is 6.98. The number of hydrogen-bond acceptors (Lipinski definition) is 1. The lowest BCUT2D eigenvalue weighted by Crippen LogP contribution is -2.23. The summed E-state index contributed by atoms with van der Waals surface area (Å²) in [5.74, 6) is 0. The number of nitrogens with one attached hydrogen (secondary N) is 1. The third kappa shape index (κ3) is 5.93. The fourth-order valence-corrected chi connectivity index (χ4v) is 3.27. The van der Waals surface area contributed by atoms with Gasteiger partial charge in [-0.3, -0.25) is 0 Å². The highest BCUT2D eigenvalue weighted by Gasteiger charge is 2.38. The molecule has 0 aliphatic carbocycles. The van der Waals surface area contributed by atoms with Gasteiger partial charge in [0.1, 0.15) is 0 Å². The average molecular weight is 355 g/mol. The summed E-state index contributed by atoms with van der Waals surface area (Å²) >= 11 is 0. The van der Waals surface area contributed by atoms with Crippen molar-refractivity contribution in [1.82, 2.24) is 0 Å². The molecule has 0 heterocycles. The molecular formula is C15H19F6NSi. The molecule has 1 N–H and O–H groups in total. The van der Waals surface area contributed by atoms with Gasteiger partial charge < -0.3 is 5.32 Å². The van der Waals surface area contributed by atoms with Crippen molar-refractivity contribution < 1.29 is 26.3 Å². The second-order valence-corrected chi connectivity index (χ2v) is 10.9. The molecule has 0 saturated heterocycles. The fraction of sp³-hybridized carbons (Fsp3) is 0.467. The molecule has 0 aliphatic heterocycles. The smallest absolute Gasteiger partial charge is 0.385 e. The first-order chi connectivity index (χ1) is 10.4. The lowest BCUT2D eigenvalue weighted by molar-refractivity contribution is -0.142. The summed E-state index contributed by atoms with van der Waals surface area (Å²) < 4.78 is 76.6. The van der Waals surface area contributed by atoms with Gasteiger partial charge in [0.25, 0.3) is 0 Å². The SMILES string of the molecule is C=C[Si](C)(C)CCCNc1ccc(C(F)(F)F)cc1C(F)(F)F. The number of rotatable bonds is 6. The van der Waals surface area contributed by atoms with Crippen LogP contribution in [0.5, 0.6) is 0 Å². The summed E-state index contributed by atoms with van der Waals surface area (Å²) in [7, 11) is -1.55. The highest BCUT2D eigenvalue weighted by molar-refractivity contribution is 6.82. The van der Waals surface area contributed by atoms with Crippen LogP contribution < -0.4 is 5.32 Å². The topological polar surface area (TPSA) is 12.0 Å². The zero-order valence-corrected chi connectivity index (χ0v) is 13.9. The van der Waals surface area contributed by atoms with Crippen LogP contribution in [0.1, 0.15) is 17.5 Å². The number of halogens is 6. The molecule has 130 valence electrons. The number of alkyl halides is 6. The number of hydrogen-bond donors (Lipinski definition) is 1. The molecule has 1 nitrogen and oxygen atoms in total. The molecule has 0 unspecified atom stereocenters. The maximum atomic E-state index is 13.0. The van der Waals surface area contributed by atoms with Gasteiger partial charge in [-0.2, -0.15) is 26.3 Å². The molecule has 0 atom stereocenters. The second-order valence-electron chi connectivity index (χ2n) is 5.98. The van der Waals surface area contributed by atoms with E-state index >= 15 is 0 Å². The minimum atomic E-state index is -4.85. The Morgan fingerprint density at radius 2 is 1.70 bits per heavy atom. The zero-order valence-electron chi connectivity index (χ0n) is 12.9. The largest absolute Gasteiger partial charge is 0.418 e. The molecule has 0 radical (unpaired) electrons. The van der Waals surface area contributed by atoms with E-state index < -0.39 is 31.6 Å². The third-order valence-electron chi connectivity index (χ3n) is 3.52. The van der Waals surface area contributed by atoms with Crippen LogP contribution in [0.4, 0.5) is 32.0 Å². The Balaban J connectivity index is 2.88. The van der Waals surface area contributed by atoms with E-state index in [1.54, 1.807) is 0 Å². The van der Waals surface area contributed by atoms with Gasteiger partial charge in [0.05, 0.1) is 19.2 Å². The number of benzene rings is 1. The molecule has 0 amide bonds. The van der Waals surface area contributed by atoms with Gasteiger partial charge in [0, 0.05) is 12.2 Å². The molecule has 8 heteroatoms. The van der Waals surface area contributed by atoms with Gasteiger partial charge in [0.2, 0.25) is 0 Å². The molecule has 1 rings (SSSR count). The van der Waals surface area contributed by atoms with E-state index in [0.717, 1.165) is 12.1 Å². The van der Waals surface area contributed by atoms with E-state index in [-0.39, 0.29) is 18.3 Å².